The first-order valence-electron chi connectivity index (χ1n) is 5.72. The first-order chi connectivity index (χ1) is 8.17. The van der Waals surface area contributed by atoms with E-state index in [2.05, 4.69) is 24.9 Å². The molecule has 1 heterocycles. The molecule has 0 aliphatic heterocycles. The maximum absolute atomic E-state index is 8.87. The predicted octanol–water partition coefficient (Wildman–Crippen LogP) is 2.89. The molecule has 0 saturated heterocycles. The summed E-state index contributed by atoms with van der Waals surface area (Å²) in [6.45, 7) is 6.69. The zero-order chi connectivity index (χ0) is 12.4. The molecular weight excluding hydrogens is 214 g/mol. The topological polar surface area (TPSA) is 50.8 Å². The standard InChI is InChI=1S/C13H15N3O/c1-4-17-13-15-11-7-10(8-14)5-6-12(11)16(13)9(2)3/h5-7,9H,4H2,1-3H3. The molecule has 0 fully saturated rings. The highest BCUT2D eigenvalue weighted by Crippen LogP contribution is 2.26. The van der Waals surface area contributed by atoms with Gasteiger partial charge in [0.05, 0.1) is 29.3 Å². The molecule has 88 valence electrons. The summed E-state index contributed by atoms with van der Waals surface area (Å²) < 4.78 is 7.57. The van der Waals surface area contributed by atoms with E-state index in [9.17, 15) is 0 Å². The lowest BCUT2D eigenvalue weighted by molar-refractivity contribution is 0.292. The normalized spacial score (nSPS) is 10.8. The molecule has 0 bridgehead atoms. The van der Waals surface area contributed by atoms with Crippen molar-refractivity contribution >= 4 is 11.0 Å². The van der Waals surface area contributed by atoms with Crippen LogP contribution < -0.4 is 4.74 Å². The van der Waals surface area contributed by atoms with Gasteiger partial charge in [0.1, 0.15) is 0 Å². The van der Waals surface area contributed by atoms with Gasteiger partial charge in [-0.25, -0.2) is 0 Å². The fourth-order valence-corrected chi connectivity index (χ4v) is 1.88. The SMILES string of the molecule is CCOc1nc2cc(C#N)ccc2n1C(C)C. The molecule has 0 N–H and O–H groups in total. The number of nitrogens with zero attached hydrogens (tertiary/aromatic N) is 3. The van der Waals surface area contributed by atoms with Gasteiger partial charge in [-0.05, 0) is 39.0 Å². The molecule has 17 heavy (non-hydrogen) atoms. The van der Waals surface area contributed by atoms with E-state index in [0.717, 1.165) is 11.0 Å². The Morgan fingerprint density at radius 1 is 1.47 bits per heavy atom. The van der Waals surface area contributed by atoms with E-state index in [4.69, 9.17) is 10.00 Å². The number of rotatable bonds is 3. The van der Waals surface area contributed by atoms with Gasteiger partial charge in [-0.3, -0.25) is 4.57 Å². The number of benzene rings is 1. The van der Waals surface area contributed by atoms with E-state index in [1.54, 1.807) is 12.1 Å². The monoisotopic (exact) mass is 229 g/mol. The van der Waals surface area contributed by atoms with E-state index in [1.165, 1.54) is 0 Å². The van der Waals surface area contributed by atoms with Crippen molar-refractivity contribution in [3.8, 4) is 12.1 Å². The van der Waals surface area contributed by atoms with Gasteiger partial charge in [0.2, 0.25) is 0 Å². The van der Waals surface area contributed by atoms with Gasteiger partial charge in [0.25, 0.3) is 6.01 Å². The summed E-state index contributed by atoms with van der Waals surface area (Å²) in [7, 11) is 0. The van der Waals surface area contributed by atoms with Crippen molar-refractivity contribution in [2.45, 2.75) is 26.8 Å². The van der Waals surface area contributed by atoms with E-state index in [1.807, 2.05) is 17.6 Å². The molecule has 4 heteroatoms. The number of fused-ring (bicyclic) bond motifs is 1. The van der Waals surface area contributed by atoms with Crippen molar-refractivity contribution in [2.75, 3.05) is 6.61 Å². The average molecular weight is 229 g/mol. The fraction of sp³-hybridized carbons (Fsp3) is 0.385. The summed E-state index contributed by atoms with van der Waals surface area (Å²) >= 11 is 0. The van der Waals surface area contributed by atoms with Crippen LogP contribution in [0.2, 0.25) is 0 Å². The van der Waals surface area contributed by atoms with Crippen molar-refractivity contribution in [3.63, 3.8) is 0 Å². The van der Waals surface area contributed by atoms with Crippen LogP contribution in [0.15, 0.2) is 18.2 Å². The van der Waals surface area contributed by atoms with Gasteiger partial charge in [0.15, 0.2) is 0 Å². The molecule has 2 aromatic rings. The molecule has 0 saturated carbocycles. The minimum atomic E-state index is 0.273. The molecule has 0 amide bonds. The Balaban J connectivity index is 2.66. The number of nitriles is 1. The van der Waals surface area contributed by atoms with Crippen LogP contribution in [-0.2, 0) is 0 Å². The Morgan fingerprint density at radius 3 is 2.82 bits per heavy atom. The Kier molecular flexibility index (Phi) is 3.01. The lowest BCUT2D eigenvalue weighted by atomic mass is 10.2. The van der Waals surface area contributed by atoms with Crippen molar-refractivity contribution in [3.05, 3.63) is 23.8 Å². The molecule has 0 atom stereocenters. The lowest BCUT2D eigenvalue weighted by Crippen LogP contribution is -2.05. The van der Waals surface area contributed by atoms with Crippen LogP contribution in [0.3, 0.4) is 0 Å². The number of ether oxygens (including phenoxy) is 1. The highest BCUT2D eigenvalue weighted by Gasteiger charge is 2.14. The number of hydrogen-bond acceptors (Lipinski definition) is 3. The number of imidazole rings is 1. The van der Waals surface area contributed by atoms with E-state index < -0.39 is 0 Å². The van der Waals surface area contributed by atoms with Gasteiger partial charge in [-0.2, -0.15) is 10.2 Å². The third-order valence-electron chi connectivity index (χ3n) is 2.58. The summed E-state index contributed by atoms with van der Waals surface area (Å²) in [5, 5.41) is 8.87. The van der Waals surface area contributed by atoms with Crippen LogP contribution in [0.25, 0.3) is 11.0 Å². The van der Waals surface area contributed by atoms with Crippen LogP contribution in [0.1, 0.15) is 32.4 Å². The zero-order valence-corrected chi connectivity index (χ0v) is 10.3. The maximum atomic E-state index is 8.87. The summed E-state index contributed by atoms with van der Waals surface area (Å²) in [4.78, 5) is 4.42. The first-order valence-corrected chi connectivity index (χ1v) is 5.72. The molecule has 0 unspecified atom stereocenters. The average Bonchev–Trinajstić information content (AvgIpc) is 2.66. The van der Waals surface area contributed by atoms with Crippen LogP contribution in [0.4, 0.5) is 0 Å². The molecule has 2 rings (SSSR count). The fourth-order valence-electron chi connectivity index (χ4n) is 1.88. The van der Waals surface area contributed by atoms with Crippen molar-refractivity contribution in [2.24, 2.45) is 0 Å². The summed E-state index contributed by atoms with van der Waals surface area (Å²) in [6.07, 6.45) is 0. The van der Waals surface area contributed by atoms with Gasteiger partial charge in [-0.15, -0.1) is 0 Å². The highest BCUT2D eigenvalue weighted by atomic mass is 16.5. The third-order valence-corrected chi connectivity index (χ3v) is 2.58. The van der Waals surface area contributed by atoms with Crippen molar-refractivity contribution in [1.82, 2.24) is 9.55 Å². The molecule has 1 aromatic carbocycles. The summed E-state index contributed by atoms with van der Waals surface area (Å²) in [5.74, 6) is 0. The maximum Gasteiger partial charge on any atom is 0.297 e. The molecule has 1 aromatic heterocycles. The summed E-state index contributed by atoms with van der Waals surface area (Å²) in [5.41, 5.74) is 2.43. The second kappa shape index (κ2) is 4.46. The second-order valence-electron chi connectivity index (χ2n) is 4.11. The highest BCUT2D eigenvalue weighted by molar-refractivity contribution is 5.78. The van der Waals surface area contributed by atoms with Crippen molar-refractivity contribution < 1.29 is 4.74 Å². The molecule has 0 aliphatic rings. The van der Waals surface area contributed by atoms with Gasteiger partial charge < -0.3 is 4.74 Å². The Hall–Kier alpha value is -2.02. The first kappa shape index (κ1) is 11.5. The van der Waals surface area contributed by atoms with E-state index >= 15 is 0 Å². The predicted molar refractivity (Wildman–Crippen MR) is 66.0 cm³/mol. The Morgan fingerprint density at radius 2 is 2.24 bits per heavy atom. The van der Waals surface area contributed by atoms with Crippen LogP contribution in [-0.4, -0.2) is 16.2 Å². The van der Waals surface area contributed by atoms with Crippen LogP contribution in [0.5, 0.6) is 6.01 Å². The minimum absolute atomic E-state index is 0.273. The molecule has 4 nitrogen and oxygen atoms in total. The minimum Gasteiger partial charge on any atom is -0.465 e. The lowest BCUT2D eigenvalue weighted by Gasteiger charge is -2.12. The quantitative estimate of drug-likeness (QED) is 0.813. The third kappa shape index (κ3) is 1.96. The second-order valence-corrected chi connectivity index (χ2v) is 4.11. The molecule has 0 aliphatic carbocycles. The van der Waals surface area contributed by atoms with Crippen molar-refractivity contribution in [1.29, 1.82) is 5.26 Å². The van der Waals surface area contributed by atoms with Crippen LogP contribution >= 0.6 is 0 Å². The van der Waals surface area contributed by atoms with E-state index in [-0.39, 0.29) is 6.04 Å². The zero-order valence-electron chi connectivity index (χ0n) is 10.3. The number of aromatic nitrogens is 2. The molecule has 0 spiro atoms. The van der Waals surface area contributed by atoms with Gasteiger partial charge >= 0.3 is 0 Å². The smallest absolute Gasteiger partial charge is 0.297 e. The Labute approximate surface area is 100 Å². The van der Waals surface area contributed by atoms with E-state index in [0.29, 0.717) is 18.2 Å². The molecule has 0 radical (unpaired) electrons. The van der Waals surface area contributed by atoms with Crippen LogP contribution in [0, 0.1) is 11.3 Å². The summed E-state index contributed by atoms with van der Waals surface area (Å²) in [6, 6.07) is 8.52. The Bertz CT molecular complexity index is 578. The number of hydrogen-bond donors (Lipinski definition) is 0. The largest absolute Gasteiger partial charge is 0.465 e. The van der Waals surface area contributed by atoms with Gasteiger partial charge in [0, 0.05) is 6.04 Å². The molecular formula is C13H15N3O. The van der Waals surface area contributed by atoms with Gasteiger partial charge in [-0.1, -0.05) is 0 Å².